The lowest BCUT2D eigenvalue weighted by Gasteiger charge is -2.07. The van der Waals surface area contributed by atoms with Gasteiger partial charge in [0.2, 0.25) is 0 Å². The number of rotatable bonds is 7. The van der Waals surface area contributed by atoms with E-state index in [1.54, 1.807) is 0 Å². The van der Waals surface area contributed by atoms with Crippen molar-refractivity contribution in [2.75, 3.05) is 13.2 Å². The average molecular weight is 278 g/mol. The summed E-state index contributed by atoms with van der Waals surface area (Å²) in [6.07, 6.45) is 2.32. The first-order valence-electron chi connectivity index (χ1n) is 6.97. The zero-order chi connectivity index (χ0) is 14.8. The van der Waals surface area contributed by atoms with Crippen LogP contribution in [0.5, 0.6) is 0 Å². The second-order valence-electron chi connectivity index (χ2n) is 5.04. The molecule has 1 rings (SSSR count). The lowest BCUT2D eigenvalue weighted by Crippen LogP contribution is -2.22. The Bertz CT molecular complexity index is 412. The SMILES string of the molecule is CC(C)CCCOC(=O)C(=O)OCCc1ccccc1. The van der Waals surface area contributed by atoms with Crippen molar-refractivity contribution in [3.63, 3.8) is 0 Å². The van der Waals surface area contributed by atoms with Crippen LogP contribution < -0.4 is 0 Å². The van der Waals surface area contributed by atoms with Crippen molar-refractivity contribution in [3.8, 4) is 0 Å². The van der Waals surface area contributed by atoms with E-state index in [2.05, 4.69) is 13.8 Å². The molecule has 0 unspecified atom stereocenters. The molecule has 0 spiro atoms. The highest BCUT2D eigenvalue weighted by atomic mass is 16.6. The number of hydrogen-bond acceptors (Lipinski definition) is 4. The van der Waals surface area contributed by atoms with Gasteiger partial charge in [0.25, 0.3) is 0 Å². The van der Waals surface area contributed by atoms with Gasteiger partial charge in [0, 0.05) is 6.42 Å². The summed E-state index contributed by atoms with van der Waals surface area (Å²) in [5, 5.41) is 0. The van der Waals surface area contributed by atoms with E-state index < -0.39 is 11.9 Å². The van der Waals surface area contributed by atoms with Crippen molar-refractivity contribution in [2.24, 2.45) is 5.92 Å². The molecule has 0 N–H and O–H groups in total. The van der Waals surface area contributed by atoms with Crippen molar-refractivity contribution in [1.29, 1.82) is 0 Å². The van der Waals surface area contributed by atoms with Crippen LogP contribution in [0.15, 0.2) is 30.3 Å². The monoisotopic (exact) mass is 278 g/mol. The first-order valence-corrected chi connectivity index (χ1v) is 6.97. The maximum atomic E-state index is 11.4. The number of ether oxygens (including phenoxy) is 2. The van der Waals surface area contributed by atoms with Gasteiger partial charge in [-0.15, -0.1) is 0 Å². The summed E-state index contributed by atoms with van der Waals surface area (Å²) >= 11 is 0. The Kier molecular flexibility index (Phi) is 7.40. The van der Waals surface area contributed by atoms with E-state index in [1.807, 2.05) is 30.3 Å². The normalized spacial score (nSPS) is 10.3. The minimum atomic E-state index is -0.912. The van der Waals surface area contributed by atoms with Crippen LogP contribution >= 0.6 is 0 Å². The van der Waals surface area contributed by atoms with Crippen LogP contribution in [0.25, 0.3) is 0 Å². The summed E-state index contributed by atoms with van der Waals surface area (Å²) in [4.78, 5) is 22.7. The Morgan fingerprint density at radius 2 is 1.60 bits per heavy atom. The molecule has 110 valence electrons. The Balaban J connectivity index is 2.14. The van der Waals surface area contributed by atoms with E-state index in [4.69, 9.17) is 9.47 Å². The molecule has 0 aromatic heterocycles. The van der Waals surface area contributed by atoms with Crippen LogP contribution in [-0.2, 0) is 25.5 Å². The van der Waals surface area contributed by atoms with Gasteiger partial charge in [0.1, 0.15) is 0 Å². The second kappa shape index (κ2) is 9.13. The van der Waals surface area contributed by atoms with Crippen LogP contribution in [-0.4, -0.2) is 25.2 Å². The highest BCUT2D eigenvalue weighted by Gasteiger charge is 2.16. The van der Waals surface area contributed by atoms with Crippen LogP contribution in [0, 0.1) is 5.92 Å². The molecular formula is C16H22O4. The minimum absolute atomic E-state index is 0.184. The Hall–Kier alpha value is -1.84. The van der Waals surface area contributed by atoms with E-state index in [0.29, 0.717) is 12.3 Å². The molecule has 0 aliphatic carbocycles. The molecule has 0 saturated heterocycles. The van der Waals surface area contributed by atoms with Gasteiger partial charge in [-0.1, -0.05) is 44.2 Å². The fourth-order valence-electron chi connectivity index (χ4n) is 1.68. The molecule has 4 nitrogen and oxygen atoms in total. The van der Waals surface area contributed by atoms with Gasteiger partial charge in [-0.3, -0.25) is 0 Å². The number of benzene rings is 1. The molecular weight excluding hydrogens is 256 g/mol. The summed E-state index contributed by atoms with van der Waals surface area (Å²) < 4.78 is 9.72. The van der Waals surface area contributed by atoms with E-state index in [9.17, 15) is 9.59 Å². The molecule has 0 bridgehead atoms. The largest absolute Gasteiger partial charge is 0.457 e. The maximum Gasteiger partial charge on any atom is 0.417 e. The highest BCUT2D eigenvalue weighted by molar-refractivity contribution is 6.29. The van der Waals surface area contributed by atoms with Crippen LogP contribution in [0.2, 0.25) is 0 Å². The molecule has 0 aliphatic heterocycles. The molecule has 0 heterocycles. The summed E-state index contributed by atoms with van der Waals surface area (Å²) in [7, 11) is 0. The third kappa shape index (κ3) is 6.92. The molecule has 0 amide bonds. The van der Waals surface area contributed by atoms with Gasteiger partial charge in [0.05, 0.1) is 13.2 Å². The van der Waals surface area contributed by atoms with Crippen LogP contribution in [0.4, 0.5) is 0 Å². The average Bonchev–Trinajstić information content (AvgIpc) is 2.44. The van der Waals surface area contributed by atoms with E-state index >= 15 is 0 Å². The molecule has 0 radical (unpaired) electrons. The predicted octanol–water partition coefficient (Wildman–Crippen LogP) is 2.75. The second-order valence-corrected chi connectivity index (χ2v) is 5.04. The van der Waals surface area contributed by atoms with Crippen molar-refractivity contribution in [2.45, 2.75) is 33.1 Å². The Labute approximate surface area is 120 Å². The Morgan fingerprint density at radius 1 is 1.00 bits per heavy atom. The topological polar surface area (TPSA) is 52.6 Å². The molecule has 4 heteroatoms. The molecule has 0 saturated carbocycles. The first kappa shape index (κ1) is 16.2. The summed E-state index contributed by atoms with van der Waals surface area (Å²) in [6, 6.07) is 9.64. The van der Waals surface area contributed by atoms with Gasteiger partial charge >= 0.3 is 11.9 Å². The van der Waals surface area contributed by atoms with E-state index in [0.717, 1.165) is 18.4 Å². The van der Waals surface area contributed by atoms with E-state index in [1.165, 1.54) is 0 Å². The number of esters is 2. The van der Waals surface area contributed by atoms with Crippen molar-refractivity contribution < 1.29 is 19.1 Å². The lowest BCUT2D eigenvalue weighted by molar-refractivity contribution is -0.167. The van der Waals surface area contributed by atoms with Gasteiger partial charge in [-0.2, -0.15) is 0 Å². The predicted molar refractivity (Wildman–Crippen MR) is 76.1 cm³/mol. The lowest BCUT2D eigenvalue weighted by atomic mass is 10.1. The van der Waals surface area contributed by atoms with Crippen LogP contribution in [0.3, 0.4) is 0 Å². The van der Waals surface area contributed by atoms with Crippen molar-refractivity contribution >= 4 is 11.9 Å². The smallest absolute Gasteiger partial charge is 0.417 e. The highest BCUT2D eigenvalue weighted by Crippen LogP contribution is 2.03. The zero-order valence-electron chi connectivity index (χ0n) is 12.1. The van der Waals surface area contributed by atoms with Gasteiger partial charge < -0.3 is 9.47 Å². The van der Waals surface area contributed by atoms with Crippen molar-refractivity contribution in [1.82, 2.24) is 0 Å². The molecule has 20 heavy (non-hydrogen) atoms. The maximum absolute atomic E-state index is 11.4. The Morgan fingerprint density at radius 3 is 2.20 bits per heavy atom. The standard InChI is InChI=1S/C16H22O4/c1-13(2)7-6-11-19-15(17)16(18)20-12-10-14-8-4-3-5-9-14/h3-5,8-9,13H,6-7,10-12H2,1-2H3. The van der Waals surface area contributed by atoms with Gasteiger partial charge in [-0.25, -0.2) is 9.59 Å². The fourth-order valence-corrected chi connectivity index (χ4v) is 1.68. The minimum Gasteiger partial charge on any atom is -0.457 e. The number of carbonyl (C=O) groups is 2. The number of carbonyl (C=O) groups excluding carboxylic acids is 2. The third-order valence-electron chi connectivity index (χ3n) is 2.79. The van der Waals surface area contributed by atoms with Gasteiger partial charge in [-0.05, 0) is 24.3 Å². The third-order valence-corrected chi connectivity index (χ3v) is 2.79. The molecule has 1 aromatic carbocycles. The molecule has 0 atom stereocenters. The molecule has 1 aromatic rings. The molecule has 0 fully saturated rings. The van der Waals surface area contributed by atoms with Crippen molar-refractivity contribution in [3.05, 3.63) is 35.9 Å². The summed E-state index contributed by atoms with van der Waals surface area (Å²) in [6.45, 7) is 4.65. The summed E-state index contributed by atoms with van der Waals surface area (Å²) in [5.41, 5.74) is 1.06. The fraction of sp³-hybridized carbons (Fsp3) is 0.500. The van der Waals surface area contributed by atoms with Gasteiger partial charge in [0.15, 0.2) is 0 Å². The first-order chi connectivity index (χ1) is 9.59. The zero-order valence-corrected chi connectivity index (χ0v) is 12.1. The van der Waals surface area contributed by atoms with E-state index in [-0.39, 0.29) is 13.2 Å². The summed E-state index contributed by atoms with van der Waals surface area (Å²) in [5.74, 6) is -1.25. The number of hydrogen-bond donors (Lipinski definition) is 0. The molecule has 0 aliphatic rings. The van der Waals surface area contributed by atoms with Crippen LogP contribution in [0.1, 0.15) is 32.3 Å². The quantitative estimate of drug-likeness (QED) is 0.437.